The maximum absolute atomic E-state index is 13.2. The second-order valence-corrected chi connectivity index (χ2v) is 9.83. The number of anilines is 3. The van der Waals surface area contributed by atoms with Crippen molar-refractivity contribution in [2.24, 2.45) is 0 Å². The van der Waals surface area contributed by atoms with Crippen LogP contribution < -0.4 is 16.0 Å². The summed E-state index contributed by atoms with van der Waals surface area (Å²) in [7, 11) is 0. The number of aromatic amines is 1. The van der Waals surface area contributed by atoms with Crippen molar-refractivity contribution >= 4 is 28.5 Å². The van der Waals surface area contributed by atoms with Crippen LogP contribution in [0.1, 0.15) is 30.4 Å². The molecule has 0 bridgehead atoms. The molecule has 4 N–H and O–H groups in total. The minimum atomic E-state index is -4.51. The lowest BCUT2D eigenvalue weighted by molar-refractivity contribution is -0.137. The van der Waals surface area contributed by atoms with E-state index in [-0.39, 0.29) is 11.1 Å². The molecule has 6 heterocycles. The fourth-order valence-electron chi connectivity index (χ4n) is 5.29. The van der Waals surface area contributed by atoms with Crippen LogP contribution in [0.4, 0.5) is 30.6 Å². The standard InChI is InChI=1S/C26H28F3N9/c27-26(28,29)17-9-19-20(13-33-24(19)32-12-17)23-21(30)14-35-25(36-23)34-11-16-3-4-22(31-10-16)38-8-5-18(15-38)37-6-1-2-7-37/h3-4,9-10,12-14,18H,1-2,5-8,11,15,30H2,(H,32,33)(H,34,35,36). The van der Waals surface area contributed by atoms with Gasteiger partial charge in [-0.1, -0.05) is 6.07 Å². The van der Waals surface area contributed by atoms with Gasteiger partial charge in [0.2, 0.25) is 5.95 Å². The number of likely N-dealkylation sites (tertiary alicyclic amines) is 1. The molecule has 2 aliphatic rings. The molecule has 198 valence electrons. The molecule has 0 radical (unpaired) electrons. The summed E-state index contributed by atoms with van der Waals surface area (Å²) in [5.41, 5.74) is 7.53. The van der Waals surface area contributed by atoms with Gasteiger partial charge in [0, 0.05) is 55.2 Å². The van der Waals surface area contributed by atoms with E-state index >= 15 is 0 Å². The molecule has 1 atom stereocenters. The molecule has 0 amide bonds. The molecule has 9 nitrogen and oxygen atoms in total. The van der Waals surface area contributed by atoms with Crippen LogP contribution in [0.15, 0.2) is 43.0 Å². The molecule has 4 aromatic rings. The first-order valence-electron chi connectivity index (χ1n) is 12.7. The van der Waals surface area contributed by atoms with Crippen LogP contribution in [0.5, 0.6) is 0 Å². The number of nitrogens with zero attached hydrogens (tertiary/aromatic N) is 6. The van der Waals surface area contributed by atoms with Crippen LogP contribution in [0.2, 0.25) is 0 Å². The number of H-pyrrole nitrogens is 1. The second-order valence-electron chi connectivity index (χ2n) is 9.83. The number of hydrogen-bond acceptors (Lipinski definition) is 8. The average Bonchev–Trinajstić information content (AvgIpc) is 3.68. The molecule has 12 heteroatoms. The number of alkyl halides is 3. The smallest absolute Gasteiger partial charge is 0.396 e. The summed E-state index contributed by atoms with van der Waals surface area (Å²) in [6.07, 6.45) is 4.90. The molecule has 0 saturated carbocycles. The third-order valence-electron chi connectivity index (χ3n) is 7.33. The molecule has 1 unspecified atom stereocenters. The van der Waals surface area contributed by atoms with Crippen molar-refractivity contribution < 1.29 is 13.2 Å². The molecule has 0 aromatic carbocycles. The molecular formula is C26H28F3N9. The monoisotopic (exact) mass is 523 g/mol. The SMILES string of the molecule is Nc1cnc(NCc2ccc(N3CCC(N4CCCC4)C3)nc2)nc1-c1c[nH]c2ncc(C(F)(F)F)cc12. The number of nitrogens with one attached hydrogen (secondary N) is 2. The molecule has 2 fully saturated rings. The van der Waals surface area contributed by atoms with Crippen LogP contribution in [-0.2, 0) is 12.7 Å². The van der Waals surface area contributed by atoms with Gasteiger partial charge in [-0.25, -0.2) is 19.9 Å². The lowest BCUT2D eigenvalue weighted by Gasteiger charge is -2.24. The van der Waals surface area contributed by atoms with E-state index in [9.17, 15) is 13.2 Å². The molecular weight excluding hydrogens is 495 g/mol. The molecule has 2 saturated heterocycles. The summed E-state index contributed by atoms with van der Waals surface area (Å²) in [6, 6.07) is 5.73. The first-order chi connectivity index (χ1) is 18.3. The van der Waals surface area contributed by atoms with Crippen molar-refractivity contribution in [3.63, 3.8) is 0 Å². The van der Waals surface area contributed by atoms with Crippen LogP contribution in [0, 0.1) is 0 Å². The van der Waals surface area contributed by atoms with E-state index in [4.69, 9.17) is 5.73 Å². The first-order valence-corrected chi connectivity index (χ1v) is 12.7. The van der Waals surface area contributed by atoms with Gasteiger partial charge < -0.3 is 20.9 Å². The van der Waals surface area contributed by atoms with Gasteiger partial charge in [0.25, 0.3) is 0 Å². The molecule has 0 aliphatic carbocycles. The summed E-state index contributed by atoms with van der Waals surface area (Å²) in [5, 5.41) is 3.45. The zero-order valence-electron chi connectivity index (χ0n) is 20.7. The lowest BCUT2D eigenvalue weighted by atomic mass is 10.1. The van der Waals surface area contributed by atoms with Crippen molar-refractivity contribution in [2.45, 2.75) is 38.0 Å². The Labute approximate surface area is 217 Å². The fourth-order valence-corrected chi connectivity index (χ4v) is 5.29. The number of aromatic nitrogens is 5. The summed E-state index contributed by atoms with van der Waals surface area (Å²) < 4.78 is 39.7. The Kier molecular flexibility index (Phi) is 6.26. The van der Waals surface area contributed by atoms with Gasteiger partial charge >= 0.3 is 6.18 Å². The highest BCUT2D eigenvalue weighted by Gasteiger charge is 2.32. The molecule has 6 rings (SSSR count). The van der Waals surface area contributed by atoms with Crippen molar-refractivity contribution in [1.29, 1.82) is 0 Å². The largest absolute Gasteiger partial charge is 0.417 e. The number of nitrogens with two attached hydrogens (primary N) is 1. The van der Waals surface area contributed by atoms with Crippen molar-refractivity contribution in [1.82, 2.24) is 29.8 Å². The number of pyridine rings is 2. The highest BCUT2D eigenvalue weighted by atomic mass is 19.4. The van der Waals surface area contributed by atoms with Crippen LogP contribution >= 0.6 is 0 Å². The van der Waals surface area contributed by atoms with Gasteiger partial charge in [0.15, 0.2) is 0 Å². The Morgan fingerprint density at radius 3 is 2.66 bits per heavy atom. The third kappa shape index (κ3) is 4.83. The van der Waals surface area contributed by atoms with E-state index in [0.29, 0.717) is 35.4 Å². The molecule has 0 spiro atoms. The van der Waals surface area contributed by atoms with E-state index in [1.165, 1.54) is 38.5 Å². The summed E-state index contributed by atoms with van der Waals surface area (Å²) in [5.74, 6) is 1.29. The number of halogens is 3. The van der Waals surface area contributed by atoms with E-state index in [1.807, 2.05) is 18.3 Å². The maximum Gasteiger partial charge on any atom is 0.417 e. The van der Waals surface area contributed by atoms with Gasteiger partial charge in [0.1, 0.15) is 17.2 Å². The molecule has 38 heavy (non-hydrogen) atoms. The van der Waals surface area contributed by atoms with Gasteiger partial charge in [-0.05, 0) is 50.0 Å². The van der Waals surface area contributed by atoms with Crippen molar-refractivity contribution in [3.8, 4) is 11.3 Å². The van der Waals surface area contributed by atoms with Gasteiger partial charge in [-0.2, -0.15) is 13.2 Å². The summed E-state index contributed by atoms with van der Waals surface area (Å²) in [4.78, 5) is 25.1. The fraction of sp³-hybridized carbons (Fsp3) is 0.385. The Morgan fingerprint density at radius 2 is 1.89 bits per heavy atom. The lowest BCUT2D eigenvalue weighted by Crippen LogP contribution is -2.35. The van der Waals surface area contributed by atoms with E-state index in [0.717, 1.165) is 36.7 Å². The molecule has 4 aromatic heterocycles. The third-order valence-corrected chi connectivity index (χ3v) is 7.33. The van der Waals surface area contributed by atoms with Gasteiger partial charge in [-0.3, -0.25) is 4.90 Å². The number of hydrogen-bond donors (Lipinski definition) is 3. The van der Waals surface area contributed by atoms with E-state index in [1.54, 1.807) is 6.20 Å². The predicted molar refractivity (Wildman–Crippen MR) is 140 cm³/mol. The predicted octanol–water partition coefficient (Wildman–Crippen LogP) is 4.30. The van der Waals surface area contributed by atoms with E-state index < -0.39 is 11.7 Å². The van der Waals surface area contributed by atoms with Crippen molar-refractivity contribution in [2.75, 3.05) is 42.1 Å². The first kappa shape index (κ1) is 24.4. The maximum atomic E-state index is 13.2. The second kappa shape index (κ2) is 9.75. The number of fused-ring (bicyclic) bond motifs is 1. The Bertz CT molecular complexity index is 1430. The van der Waals surface area contributed by atoms with Crippen molar-refractivity contribution in [3.05, 3.63) is 54.1 Å². The molecule has 2 aliphatic heterocycles. The van der Waals surface area contributed by atoms with E-state index in [2.05, 4.69) is 40.0 Å². The minimum absolute atomic E-state index is 0.248. The summed E-state index contributed by atoms with van der Waals surface area (Å²) in [6.45, 7) is 4.87. The van der Waals surface area contributed by atoms with Gasteiger partial charge in [-0.15, -0.1) is 0 Å². The average molecular weight is 524 g/mol. The number of nitrogen functional groups attached to an aromatic ring is 1. The zero-order valence-corrected chi connectivity index (χ0v) is 20.7. The highest BCUT2D eigenvalue weighted by Crippen LogP contribution is 2.35. The zero-order chi connectivity index (χ0) is 26.3. The summed E-state index contributed by atoms with van der Waals surface area (Å²) >= 11 is 0. The van der Waals surface area contributed by atoms with Crippen LogP contribution in [-0.4, -0.2) is 62.0 Å². The van der Waals surface area contributed by atoms with Gasteiger partial charge in [0.05, 0.1) is 17.4 Å². The Morgan fingerprint density at radius 1 is 1.05 bits per heavy atom. The topological polar surface area (TPSA) is 112 Å². The highest BCUT2D eigenvalue weighted by molar-refractivity contribution is 5.95. The Balaban J connectivity index is 1.14. The van der Waals surface area contributed by atoms with Crippen LogP contribution in [0.3, 0.4) is 0 Å². The Hall–Kier alpha value is -3.93. The van der Waals surface area contributed by atoms with Crippen LogP contribution in [0.25, 0.3) is 22.3 Å². The normalized spacial score (nSPS) is 18.5. The quantitative estimate of drug-likeness (QED) is 0.343. The number of rotatable bonds is 6. The minimum Gasteiger partial charge on any atom is -0.396 e.